The van der Waals surface area contributed by atoms with E-state index in [0.717, 1.165) is 42.8 Å². The zero-order valence-electron chi connectivity index (χ0n) is 13.0. The van der Waals surface area contributed by atoms with Crippen molar-refractivity contribution in [1.82, 2.24) is 14.6 Å². The number of fused-ring (bicyclic) bond motifs is 1. The van der Waals surface area contributed by atoms with Crippen molar-refractivity contribution in [3.63, 3.8) is 0 Å². The fourth-order valence-electron chi connectivity index (χ4n) is 2.91. The molecule has 5 heteroatoms. The molecule has 0 bridgehead atoms. The number of anilines is 1. The van der Waals surface area contributed by atoms with Crippen molar-refractivity contribution in [3.05, 3.63) is 24.2 Å². The van der Waals surface area contributed by atoms with E-state index in [9.17, 15) is 5.11 Å². The van der Waals surface area contributed by atoms with Crippen molar-refractivity contribution in [1.29, 1.82) is 0 Å². The Morgan fingerprint density at radius 1 is 1.38 bits per heavy atom. The molecule has 0 spiro atoms. The predicted octanol–water partition coefficient (Wildman–Crippen LogP) is 2.60. The summed E-state index contributed by atoms with van der Waals surface area (Å²) in [6, 6.07) is 2.10. The van der Waals surface area contributed by atoms with Crippen molar-refractivity contribution >= 4 is 11.3 Å². The molecule has 3 rings (SSSR count). The van der Waals surface area contributed by atoms with E-state index in [0.29, 0.717) is 5.92 Å². The Bertz CT molecular complexity index is 629. The van der Waals surface area contributed by atoms with Crippen LogP contribution in [-0.4, -0.2) is 32.4 Å². The Morgan fingerprint density at radius 3 is 2.86 bits per heavy atom. The first-order valence-electron chi connectivity index (χ1n) is 7.72. The molecule has 114 valence electrons. The Balaban J connectivity index is 1.83. The van der Waals surface area contributed by atoms with Crippen LogP contribution in [0.15, 0.2) is 18.5 Å². The fraction of sp³-hybridized carbons (Fsp3) is 0.625. The molecule has 2 aromatic rings. The van der Waals surface area contributed by atoms with E-state index in [4.69, 9.17) is 0 Å². The average Bonchev–Trinajstić information content (AvgIpc) is 3.02. The third-order valence-corrected chi connectivity index (χ3v) is 4.31. The van der Waals surface area contributed by atoms with E-state index >= 15 is 0 Å². The minimum Gasteiger partial charge on any atom is -0.393 e. The maximum absolute atomic E-state index is 9.91. The largest absolute Gasteiger partial charge is 0.393 e. The number of hydrogen-bond donors (Lipinski definition) is 2. The van der Waals surface area contributed by atoms with Gasteiger partial charge in [-0.25, -0.2) is 9.50 Å². The zero-order valence-corrected chi connectivity index (χ0v) is 13.0. The summed E-state index contributed by atoms with van der Waals surface area (Å²) in [5, 5.41) is 17.9. The first kappa shape index (κ1) is 14.3. The third kappa shape index (κ3) is 2.88. The summed E-state index contributed by atoms with van der Waals surface area (Å²) in [4.78, 5) is 4.43. The molecule has 2 aromatic heterocycles. The van der Waals surface area contributed by atoms with Gasteiger partial charge in [0.15, 0.2) is 5.82 Å². The molecule has 0 amide bonds. The highest BCUT2D eigenvalue weighted by molar-refractivity contribution is 5.68. The molecule has 1 aliphatic carbocycles. The maximum atomic E-state index is 9.91. The standard InChI is InChI=1S/C16H24N4O/c1-16(2,3)14-9-12-15(17-7-8-20(12)19-14)18-10-11-5-4-6-13(11)21/h7-9,11,13,21H,4-6,10H2,1-3H3,(H,17,18)/t11-,13+/m0/s1. The minimum absolute atomic E-state index is 0.0188. The quantitative estimate of drug-likeness (QED) is 0.911. The van der Waals surface area contributed by atoms with E-state index in [2.05, 4.69) is 42.2 Å². The fourth-order valence-corrected chi connectivity index (χ4v) is 2.91. The predicted molar refractivity (Wildman–Crippen MR) is 83.5 cm³/mol. The van der Waals surface area contributed by atoms with Crippen LogP contribution >= 0.6 is 0 Å². The second-order valence-electron chi connectivity index (χ2n) is 7.02. The lowest BCUT2D eigenvalue weighted by molar-refractivity contribution is 0.138. The molecule has 0 unspecified atom stereocenters. The van der Waals surface area contributed by atoms with Crippen LogP contribution in [0.1, 0.15) is 45.7 Å². The monoisotopic (exact) mass is 288 g/mol. The van der Waals surface area contributed by atoms with Gasteiger partial charge in [0.05, 0.1) is 11.8 Å². The summed E-state index contributed by atoms with van der Waals surface area (Å²) in [6.45, 7) is 7.24. The van der Waals surface area contributed by atoms with Crippen molar-refractivity contribution in [2.75, 3.05) is 11.9 Å². The molecule has 0 radical (unpaired) electrons. The lowest BCUT2D eigenvalue weighted by Gasteiger charge is -2.15. The number of aromatic nitrogens is 3. The normalized spacial score (nSPS) is 22.9. The number of rotatable bonds is 3. The van der Waals surface area contributed by atoms with Gasteiger partial charge < -0.3 is 10.4 Å². The lowest BCUT2D eigenvalue weighted by Crippen LogP contribution is -2.22. The van der Waals surface area contributed by atoms with E-state index in [1.807, 2.05) is 10.7 Å². The molecule has 2 heterocycles. The lowest BCUT2D eigenvalue weighted by atomic mass is 9.92. The van der Waals surface area contributed by atoms with E-state index in [1.54, 1.807) is 6.20 Å². The molecule has 5 nitrogen and oxygen atoms in total. The van der Waals surface area contributed by atoms with Gasteiger partial charge in [-0.15, -0.1) is 0 Å². The minimum atomic E-state index is -0.174. The Labute approximate surface area is 125 Å². The first-order valence-corrected chi connectivity index (χ1v) is 7.72. The number of aliphatic hydroxyl groups is 1. The van der Waals surface area contributed by atoms with Gasteiger partial charge in [-0.2, -0.15) is 5.10 Å². The zero-order chi connectivity index (χ0) is 15.0. The Kier molecular flexibility index (Phi) is 3.61. The molecule has 21 heavy (non-hydrogen) atoms. The molecule has 1 aliphatic rings. The number of nitrogens with zero attached hydrogens (tertiary/aromatic N) is 3. The first-order chi connectivity index (χ1) is 9.95. The van der Waals surface area contributed by atoms with Crippen LogP contribution in [0.2, 0.25) is 0 Å². The molecule has 2 N–H and O–H groups in total. The third-order valence-electron chi connectivity index (χ3n) is 4.31. The number of hydrogen-bond acceptors (Lipinski definition) is 4. The van der Waals surface area contributed by atoms with Crippen molar-refractivity contribution in [3.8, 4) is 0 Å². The second kappa shape index (κ2) is 5.30. The SMILES string of the molecule is CC(C)(C)c1cc2c(NC[C@@H]3CCC[C@H]3O)nccn2n1. The van der Waals surface area contributed by atoms with Crippen molar-refractivity contribution in [2.45, 2.75) is 51.6 Å². The van der Waals surface area contributed by atoms with Crippen molar-refractivity contribution in [2.24, 2.45) is 5.92 Å². The van der Waals surface area contributed by atoms with Gasteiger partial charge in [0, 0.05) is 30.3 Å². The topological polar surface area (TPSA) is 62.5 Å². The van der Waals surface area contributed by atoms with Gasteiger partial charge >= 0.3 is 0 Å². The Morgan fingerprint density at radius 2 is 2.19 bits per heavy atom. The molecule has 0 saturated heterocycles. The van der Waals surface area contributed by atoms with Gasteiger partial charge in [0.1, 0.15) is 5.52 Å². The van der Waals surface area contributed by atoms with Gasteiger partial charge in [-0.1, -0.05) is 27.2 Å². The van der Waals surface area contributed by atoms with Crippen LogP contribution in [-0.2, 0) is 5.41 Å². The van der Waals surface area contributed by atoms with Crippen LogP contribution in [0.4, 0.5) is 5.82 Å². The number of aliphatic hydroxyl groups excluding tert-OH is 1. The molecule has 2 atom stereocenters. The average molecular weight is 288 g/mol. The molecule has 0 aromatic carbocycles. The van der Waals surface area contributed by atoms with Crippen molar-refractivity contribution < 1.29 is 5.11 Å². The molecular formula is C16H24N4O. The second-order valence-corrected chi connectivity index (χ2v) is 7.02. The number of nitrogens with one attached hydrogen (secondary N) is 1. The van der Waals surface area contributed by atoms with E-state index < -0.39 is 0 Å². The highest BCUT2D eigenvalue weighted by Gasteiger charge is 2.25. The smallest absolute Gasteiger partial charge is 0.152 e. The maximum Gasteiger partial charge on any atom is 0.152 e. The van der Waals surface area contributed by atoms with Crippen LogP contribution in [0.5, 0.6) is 0 Å². The van der Waals surface area contributed by atoms with Gasteiger partial charge in [-0.3, -0.25) is 0 Å². The summed E-state index contributed by atoms with van der Waals surface area (Å²) in [5.41, 5.74) is 2.07. The van der Waals surface area contributed by atoms with Crippen LogP contribution in [0.25, 0.3) is 5.52 Å². The molecule has 0 aliphatic heterocycles. The van der Waals surface area contributed by atoms with E-state index in [1.165, 1.54) is 0 Å². The van der Waals surface area contributed by atoms with Gasteiger partial charge in [0.2, 0.25) is 0 Å². The summed E-state index contributed by atoms with van der Waals surface area (Å²) in [7, 11) is 0. The Hall–Kier alpha value is -1.62. The highest BCUT2D eigenvalue weighted by atomic mass is 16.3. The van der Waals surface area contributed by atoms with Gasteiger partial charge in [-0.05, 0) is 18.9 Å². The van der Waals surface area contributed by atoms with Crippen LogP contribution < -0.4 is 5.32 Å². The summed E-state index contributed by atoms with van der Waals surface area (Å²) < 4.78 is 1.88. The molecule has 1 saturated carbocycles. The van der Waals surface area contributed by atoms with Crippen LogP contribution in [0, 0.1) is 5.92 Å². The van der Waals surface area contributed by atoms with Crippen LogP contribution in [0.3, 0.4) is 0 Å². The van der Waals surface area contributed by atoms with Gasteiger partial charge in [0.25, 0.3) is 0 Å². The molecule has 1 fully saturated rings. The van der Waals surface area contributed by atoms with E-state index in [-0.39, 0.29) is 11.5 Å². The summed E-state index contributed by atoms with van der Waals surface area (Å²) >= 11 is 0. The summed E-state index contributed by atoms with van der Waals surface area (Å²) in [5.74, 6) is 1.18. The highest BCUT2D eigenvalue weighted by Crippen LogP contribution is 2.27. The summed E-state index contributed by atoms with van der Waals surface area (Å²) in [6.07, 6.45) is 6.59. The molecular weight excluding hydrogens is 264 g/mol.